The first-order valence-electron chi connectivity index (χ1n) is 7.10. The van der Waals surface area contributed by atoms with Crippen LogP contribution in [-0.4, -0.2) is 23.7 Å². The number of fused-ring (bicyclic) bond motifs is 1. The van der Waals surface area contributed by atoms with Crippen LogP contribution in [-0.2, 0) is 4.74 Å². The Labute approximate surface area is 119 Å². The maximum Gasteiger partial charge on any atom is 0.0826 e. The second-order valence-corrected chi connectivity index (χ2v) is 5.83. The van der Waals surface area contributed by atoms with E-state index in [0.717, 1.165) is 53.8 Å². The minimum absolute atomic E-state index is 0.0597. The molecule has 106 valence electrons. The molecule has 0 aliphatic carbocycles. The van der Waals surface area contributed by atoms with Gasteiger partial charge in [0.1, 0.15) is 0 Å². The Hall–Kier alpha value is -1.81. The van der Waals surface area contributed by atoms with Crippen molar-refractivity contribution in [2.45, 2.75) is 32.3 Å². The molecule has 1 aromatic carbocycles. The smallest absolute Gasteiger partial charge is 0.0826 e. The van der Waals surface area contributed by atoms with E-state index in [0.29, 0.717) is 0 Å². The fourth-order valence-electron chi connectivity index (χ4n) is 2.78. The molecule has 0 bridgehead atoms. The van der Waals surface area contributed by atoms with E-state index in [-0.39, 0.29) is 5.60 Å². The van der Waals surface area contributed by atoms with Crippen molar-refractivity contribution in [3.63, 3.8) is 0 Å². The van der Waals surface area contributed by atoms with Crippen molar-refractivity contribution in [3.05, 3.63) is 30.1 Å². The lowest BCUT2D eigenvalue weighted by Crippen LogP contribution is -2.32. The lowest BCUT2D eigenvalue weighted by atomic mass is 10.0. The first-order valence-corrected chi connectivity index (χ1v) is 7.10. The molecule has 0 radical (unpaired) electrons. The number of pyridine rings is 1. The molecule has 1 aromatic heterocycles. The number of anilines is 2. The van der Waals surface area contributed by atoms with Crippen LogP contribution in [0, 0.1) is 6.92 Å². The van der Waals surface area contributed by atoms with Gasteiger partial charge in [-0.1, -0.05) is 0 Å². The molecule has 3 N–H and O–H groups in total. The number of benzene rings is 1. The summed E-state index contributed by atoms with van der Waals surface area (Å²) in [6.07, 6.45) is 4.09. The normalized spacial score (nSPS) is 22.3. The summed E-state index contributed by atoms with van der Waals surface area (Å²) in [4.78, 5) is 4.33. The summed E-state index contributed by atoms with van der Waals surface area (Å²) in [6.45, 7) is 5.84. The van der Waals surface area contributed by atoms with Gasteiger partial charge in [-0.3, -0.25) is 4.98 Å². The zero-order valence-corrected chi connectivity index (χ0v) is 12.1. The highest BCUT2D eigenvalue weighted by atomic mass is 16.5. The molecule has 2 heterocycles. The maximum absolute atomic E-state index is 6.03. The van der Waals surface area contributed by atoms with E-state index < -0.39 is 0 Å². The molecule has 4 heteroatoms. The quantitative estimate of drug-likeness (QED) is 0.842. The number of hydrogen-bond donors (Lipinski definition) is 2. The van der Waals surface area contributed by atoms with Crippen LogP contribution < -0.4 is 11.1 Å². The molecule has 1 atom stereocenters. The molecule has 0 amide bonds. The van der Waals surface area contributed by atoms with Crippen molar-refractivity contribution >= 4 is 22.1 Å². The van der Waals surface area contributed by atoms with Gasteiger partial charge >= 0.3 is 0 Å². The Bertz CT molecular complexity index is 633. The van der Waals surface area contributed by atoms with Crippen molar-refractivity contribution < 1.29 is 4.74 Å². The Morgan fingerprint density at radius 3 is 3.00 bits per heavy atom. The van der Waals surface area contributed by atoms with E-state index in [1.54, 1.807) is 0 Å². The number of nitrogens with one attached hydrogen (secondary N) is 1. The number of hydrogen-bond acceptors (Lipinski definition) is 4. The number of rotatable bonds is 3. The molecule has 1 unspecified atom stereocenters. The Balaban J connectivity index is 1.91. The third-order valence-corrected chi connectivity index (χ3v) is 4.02. The summed E-state index contributed by atoms with van der Waals surface area (Å²) in [6, 6.07) is 6.04. The molecule has 0 saturated carbocycles. The fraction of sp³-hybridized carbons (Fsp3) is 0.438. The zero-order chi connectivity index (χ0) is 14.2. The first-order chi connectivity index (χ1) is 9.57. The van der Waals surface area contributed by atoms with Crippen LogP contribution in [0.5, 0.6) is 0 Å². The molecule has 2 aromatic rings. The second-order valence-electron chi connectivity index (χ2n) is 5.83. The first kappa shape index (κ1) is 13.2. The summed E-state index contributed by atoms with van der Waals surface area (Å²) in [5.74, 6) is 0. The zero-order valence-electron chi connectivity index (χ0n) is 12.1. The van der Waals surface area contributed by atoms with Crippen LogP contribution in [0.1, 0.15) is 25.5 Å². The van der Waals surface area contributed by atoms with Gasteiger partial charge < -0.3 is 15.8 Å². The fourth-order valence-corrected chi connectivity index (χ4v) is 2.78. The van der Waals surface area contributed by atoms with Crippen molar-refractivity contribution in [2.24, 2.45) is 0 Å². The molecule has 0 spiro atoms. The molecule has 1 saturated heterocycles. The lowest BCUT2D eigenvalue weighted by molar-refractivity contribution is 0.0315. The second kappa shape index (κ2) is 4.94. The number of aromatic nitrogens is 1. The maximum atomic E-state index is 6.03. The van der Waals surface area contributed by atoms with E-state index >= 15 is 0 Å². The third-order valence-electron chi connectivity index (χ3n) is 4.02. The van der Waals surface area contributed by atoms with Gasteiger partial charge in [0.25, 0.3) is 0 Å². The SMILES string of the molecule is Cc1cc2c(NCC3(C)CCCO3)ccc(N)c2cn1. The number of aryl methyl sites for hydroxylation is 1. The van der Waals surface area contributed by atoms with Gasteiger partial charge in [0.15, 0.2) is 0 Å². The minimum Gasteiger partial charge on any atom is -0.398 e. The van der Waals surface area contributed by atoms with Crippen molar-refractivity contribution in [1.29, 1.82) is 0 Å². The average molecular weight is 271 g/mol. The van der Waals surface area contributed by atoms with Crippen LogP contribution in [0.3, 0.4) is 0 Å². The summed E-state index contributed by atoms with van der Waals surface area (Å²) < 4.78 is 5.82. The van der Waals surface area contributed by atoms with Crippen molar-refractivity contribution in [3.8, 4) is 0 Å². The van der Waals surface area contributed by atoms with E-state index in [2.05, 4.69) is 23.3 Å². The summed E-state index contributed by atoms with van der Waals surface area (Å²) in [7, 11) is 0. The molecule has 20 heavy (non-hydrogen) atoms. The van der Waals surface area contributed by atoms with Gasteiger partial charge in [-0.25, -0.2) is 0 Å². The van der Waals surface area contributed by atoms with E-state index in [1.165, 1.54) is 0 Å². The molecule has 1 fully saturated rings. The largest absolute Gasteiger partial charge is 0.398 e. The monoisotopic (exact) mass is 271 g/mol. The number of nitrogens with two attached hydrogens (primary N) is 1. The Morgan fingerprint density at radius 2 is 2.25 bits per heavy atom. The van der Waals surface area contributed by atoms with Crippen molar-refractivity contribution in [2.75, 3.05) is 24.2 Å². The molecule has 3 rings (SSSR count). The van der Waals surface area contributed by atoms with Crippen LogP contribution in [0.25, 0.3) is 10.8 Å². The third kappa shape index (κ3) is 2.43. The predicted molar refractivity (Wildman–Crippen MR) is 83.0 cm³/mol. The summed E-state index contributed by atoms with van der Waals surface area (Å²) in [5, 5.41) is 5.64. The van der Waals surface area contributed by atoms with E-state index in [9.17, 15) is 0 Å². The van der Waals surface area contributed by atoms with Gasteiger partial charge in [0.2, 0.25) is 0 Å². The molecule has 1 aliphatic rings. The van der Waals surface area contributed by atoms with Crippen LogP contribution in [0.4, 0.5) is 11.4 Å². The highest BCUT2D eigenvalue weighted by Gasteiger charge is 2.29. The van der Waals surface area contributed by atoms with Crippen LogP contribution in [0.2, 0.25) is 0 Å². The summed E-state index contributed by atoms with van der Waals surface area (Å²) in [5.41, 5.74) is 8.82. The van der Waals surface area contributed by atoms with Gasteiger partial charge in [-0.05, 0) is 44.9 Å². The molecule has 1 aliphatic heterocycles. The van der Waals surface area contributed by atoms with Crippen molar-refractivity contribution in [1.82, 2.24) is 4.98 Å². The minimum atomic E-state index is -0.0597. The molecule has 4 nitrogen and oxygen atoms in total. The van der Waals surface area contributed by atoms with Gasteiger partial charge in [-0.15, -0.1) is 0 Å². The lowest BCUT2D eigenvalue weighted by Gasteiger charge is -2.24. The Morgan fingerprint density at radius 1 is 1.40 bits per heavy atom. The summed E-state index contributed by atoms with van der Waals surface area (Å²) >= 11 is 0. The molecular weight excluding hydrogens is 250 g/mol. The predicted octanol–water partition coefficient (Wildman–Crippen LogP) is 3.11. The van der Waals surface area contributed by atoms with Crippen LogP contribution in [0.15, 0.2) is 24.4 Å². The van der Waals surface area contributed by atoms with Gasteiger partial charge in [0, 0.05) is 47.2 Å². The highest BCUT2D eigenvalue weighted by Crippen LogP contribution is 2.30. The average Bonchev–Trinajstić information content (AvgIpc) is 2.85. The van der Waals surface area contributed by atoms with Gasteiger partial charge in [-0.2, -0.15) is 0 Å². The van der Waals surface area contributed by atoms with E-state index in [4.69, 9.17) is 10.5 Å². The van der Waals surface area contributed by atoms with E-state index in [1.807, 2.05) is 25.3 Å². The standard InChI is InChI=1S/C16H21N3O/c1-11-8-12-13(9-18-11)14(17)4-5-15(12)19-10-16(2)6-3-7-20-16/h4-5,8-9,19H,3,6-7,10,17H2,1-2H3. The number of ether oxygens (including phenoxy) is 1. The number of nitrogens with zero attached hydrogens (tertiary/aromatic N) is 1. The highest BCUT2D eigenvalue weighted by molar-refractivity contribution is 6.00. The number of nitrogen functional groups attached to an aromatic ring is 1. The van der Waals surface area contributed by atoms with Gasteiger partial charge in [0.05, 0.1) is 5.60 Å². The van der Waals surface area contributed by atoms with Crippen LogP contribution >= 0.6 is 0 Å². The Kier molecular flexibility index (Phi) is 3.26. The topological polar surface area (TPSA) is 60.2 Å². The molecular formula is C16H21N3O.